The van der Waals surface area contributed by atoms with Gasteiger partial charge < -0.3 is 10.5 Å². The van der Waals surface area contributed by atoms with E-state index in [0.717, 1.165) is 0 Å². The maximum absolute atomic E-state index is 13.1. The van der Waals surface area contributed by atoms with Crippen LogP contribution in [0.1, 0.15) is 24.3 Å². The van der Waals surface area contributed by atoms with Gasteiger partial charge in [-0.2, -0.15) is 13.2 Å². The van der Waals surface area contributed by atoms with Crippen LogP contribution in [0, 0.1) is 0 Å². The van der Waals surface area contributed by atoms with Crippen LogP contribution in [0.5, 0.6) is 0 Å². The molecule has 0 saturated carbocycles. The molecule has 19 heavy (non-hydrogen) atoms. The van der Waals surface area contributed by atoms with Gasteiger partial charge in [-0.05, 0) is 18.4 Å². The van der Waals surface area contributed by atoms with Crippen LogP contribution in [0.15, 0.2) is 35.3 Å². The van der Waals surface area contributed by atoms with E-state index in [4.69, 9.17) is 10.5 Å². The molecule has 1 aliphatic rings. The van der Waals surface area contributed by atoms with E-state index in [1.165, 1.54) is 12.1 Å². The fraction of sp³-hybridized carbons (Fsp3) is 0.462. The summed E-state index contributed by atoms with van der Waals surface area (Å²) in [6, 6.07) is 7.72. The summed E-state index contributed by atoms with van der Waals surface area (Å²) in [6.07, 6.45) is -3.96. The summed E-state index contributed by atoms with van der Waals surface area (Å²) in [5.74, 6) is -1.47. The third-order valence-corrected chi connectivity index (χ3v) is 3.12. The Morgan fingerprint density at radius 2 is 2.00 bits per heavy atom. The monoisotopic (exact) mass is 272 g/mol. The molecule has 2 unspecified atom stereocenters. The van der Waals surface area contributed by atoms with Crippen LogP contribution in [-0.2, 0) is 4.74 Å². The second kappa shape index (κ2) is 5.50. The van der Waals surface area contributed by atoms with Gasteiger partial charge in [-0.15, -0.1) is 0 Å². The Morgan fingerprint density at radius 1 is 1.32 bits per heavy atom. The lowest BCUT2D eigenvalue weighted by Crippen LogP contribution is -2.22. The molecule has 104 valence electrons. The number of aliphatic imine (C=N–C) groups is 1. The molecule has 2 rings (SSSR count). The Morgan fingerprint density at radius 3 is 2.53 bits per heavy atom. The van der Waals surface area contributed by atoms with Crippen LogP contribution in [0.2, 0.25) is 0 Å². The molecule has 1 heterocycles. The highest BCUT2D eigenvalue weighted by Crippen LogP contribution is 2.38. The lowest BCUT2D eigenvalue weighted by molar-refractivity contribution is -0.152. The first-order valence-corrected chi connectivity index (χ1v) is 6.04. The summed E-state index contributed by atoms with van der Waals surface area (Å²) in [5.41, 5.74) is 5.62. The first-order chi connectivity index (χ1) is 8.97. The fourth-order valence-corrected chi connectivity index (χ4v) is 2.15. The molecule has 0 radical (unpaired) electrons. The molecule has 0 spiro atoms. The number of amidine groups is 1. The summed E-state index contributed by atoms with van der Waals surface area (Å²) in [6.45, 7) is 0.269. The maximum atomic E-state index is 13.1. The zero-order chi connectivity index (χ0) is 13.9. The molecule has 2 atom stereocenters. The van der Waals surface area contributed by atoms with Gasteiger partial charge in [-0.25, -0.2) is 4.99 Å². The van der Waals surface area contributed by atoms with Crippen molar-refractivity contribution in [3.63, 3.8) is 0 Å². The van der Waals surface area contributed by atoms with Crippen LogP contribution in [0.3, 0.4) is 0 Å². The van der Waals surface area contributed by atoms with Gasteiger partial charge in [0.2, 0.25) is 0 Å². The molecule has 3 nitrogen and oxygen atoms in total. The molecule has 0 amide bonds. The minimum Gasteiger partial charge on any atom is -0.463 e. The molecular weight excluding hydrogens is 257 g/mol. The molecule has 0 bridgehead atoms. The molecular formula is C13H15F3N2O. The van der Waals surface area contributed by atoms with E-state index in [9.17, 15) is 13.2 Å². The third kappa shape index (κ3) is 3.62. The first-order valence-electron chi connectivity index (χ1n) is 6.04. The summed E-state index contributed by atoms with van der Waals surface area (Å²) in [5, 5.41) is 0. The number of halogens is 3. The van der Waals surface area contributed by atoms with Crippen molar-refractivity contribution in [1.82, 2.24) is 0 Å². The predicted octanol–water partition coefficient (Wildman–Crippen LogP) is 2.83. The number of hydrogen-bond acceptors (Lipinski definition) is 3. The van der Waals surface area contributed by atoms with Crippen molar-refractivity contribution in [2.24, 2.45) is 10.7 Å². The SMILES string of the molecule is NC1=NC(CCC(c2ccccc2)C(F)(F)F)CO1. The van der Waals surface area contributed by atoms with Gasteiger partial charge in [0.1, 0.15) is 6.61 Å². The molecule has 2 N–H and O–H groups in total. The van der Waals surface area contributed by atoms with Crippen LogP contribution in [0.4, 0.5) is 13.2 Å². The molecule has 0 aromatic heterocycles. The minimum absolute atomic E-state index is 0.0156. The number of alkyl halides is 3. The predicted molar refractivity (Wildman–Crippen MR) is 65.8 cm³/mol. The Kier molecular flexibility index (Phi) is 3.97. The van der Waals surface area contributed by atoms with Gasteiger partial charge in [0, 0.05) is 0 Å². The highest BCUT2D eigenvalue weighted by atomic mass is 19.4. The van der Waals surface area contributed by atoms with Crippen LogP contribution < -0.4 is 5.73 Å². The van der Waals surface area contributed by atoms with Crippen molar-refractivity contribution in [2.45, 2.75) is 31.0 Å². The second-order valence-electron chi connectivity index (χ2n) is 4.51. The first kappa shape index (κ1) is 13.7. The van der Waals surface area contributed by atoms with E-state index in [2.05, 4.69) is 4.99 Å². The molecule has 1 aromatic rings. The average molecular weight is 272 g/mol. The lowest BCUT2D eigenvalue weighted by Gasteiger charge is -2.21. The summed E-state index contributed by atoms with van der Waals surface area (Å²) >= 11 is 0. The van der Waals surface area contributed by atoms with E-state index in [1.54, 1.807) is 18.2 Å². The maximum Gasteiger partial charge on any atom is 0.395 e. The Hall–Kier alpha value is -1.72. The zero-order valence-electron chi connectivity index (χ0n) is 10.2. The van der Waals surface area contributed by atoms with Crippen molar-refractivity contribution in [3.8, 4) is 0 Å². The zero-order valence-corrected chi connectivity index (χ0v) is 10.2. The highest BCUT2D eigenvalue weighted by molar-refractivity contribution is 5.72. The van der Waals surface area contributed by atoms with Crippen molar-refractivity contribution >= 4 is 6.02 Å². The number of hydrogen-bond donors (Lipinski definition) is 1. The van der Waals surface area contributed by atoms with Crippen LogP contribution >= 0.6 is 0 Å². The Labute approximate surface area is 109 Å². The minimum atomic E-state index is -4.25. The van der Waals surface area contributed by atoms with E-state index in [-0.39, 0.29) is 30.7 Å². The normalized spacial score (nSPS) is 20.8. The molecule has 6 heteroatoms. The Balaban J connectivity index is 2.04. The summed E-state index contributed by atoms with van der Waals surface area (Å²) < 4.78 is 44.1. The quantitative estimate of drug-likeness (QED) is 0.916. The van der Waals surface area contributed by atoms with E-state index in [0.29, 0.717) is 6.42 Å². The highest BCUT2D eigenvalue weighted by Gasteiger charge is 2.40. The molecule has 0 saturated heterocycles. The number of rotatable bonds is 4. The van der Waals surface area contributed by atoms with Gasteiger partial charge in [0.25, 0.3) is 6.02 Å². The Bertz CT molecular complexity index is 445. The number of nitrogens with two attached hydrogens (primary N) is 1. The van der Waals surface area contributed by atoms with Crippen molar-refractivity contribution in [1.29, 1.82) is 0 Å². The van der Waals surface area contributed by atoms with Crippen molar-refractivity contribution in [2.75, 3.05) is 6.61 Å². The second-order valence-corrected chi connectivity index (χ2v) is 4.51. The van der Waals surface area contributed by atoms with Crippen molar-refractivity contribution < 1.29 is 17.9 Å². The summed E-state index contributed by atoms with van der Waals surface area (Å²) in [4.78, 5) is 3.94. The fourth-order valence-electron chi connectivity index (χ4n) is 2.15. The standard InChI is InChI=1S/C13H15F3N2O/c14-13(15,16)11(9-4-2-1-3-5-9)7-6-10-8-19-12(17)18-10/h1-5,10-11H,6-8H2,(H2,17,18). The van der Waals surface area contributed by atoms with Gasteiger partial charge >= 0.3 is 6.18 Å². The molecule has 1 aromatic carbocycles. The number of benzene rings is 1. The van der Waals surface area contributed by atoms with Gasteiger partial charge in [-0.3, -0.25) is 0 Å². The van der Waals surface area contributed by atoms with Crippen molar-refractivity contribution in [3.05, 3.63) is 35.9 Å². The third-order valence-electron chi connectivity index (χ3n) is 3.12. The number of nitrogens with zero attached hydrogens (tertiary/aromatic N) is 1. The largest absolute Gasteiger partial charge is 0.463 e. The van der Waals surface area contributed by atoms with Gasteiger partial charge in [0.15, 0.2) is 0 Å². The summed E-state index contributed by atoms with van der Waals surface area (Å²) in [7, 11) is 0. The van der Waals surface area contributed by atoms with E-state index in [1.807, 2.05) is 0 Å². The van der Waals surface area contributed by atoms with E-state index >= 15 is 0 Å². The molecule has 1 aliphatic heterocycles. The average Bonchev–Trinajstić information content (AvgIpc) is 2.75. The number of ether oxygens (including phenoxy) is 1. The van der Waals surface area contributed by atoms with Gasteiger partial charge in [-0.1, -0.05) is 30.3 Å². The smallest absolute Gasteiger partial charge is 0.395 e. The van der Waals surface area contributed by atoms with Crippen LogP contribution in [0.25, 0.3) is 0 Å². The van der Waals surface area contributed by atoms with Crippen LogP contribution in [-0.4, -0.2) is 24.8 Å². The topological polar surface area (TPSA) is 47.6 Å². The lowest BCUT2D eigenvalue weighted by atomic mass is 9.92. The van der Waals surface area contributed by atoms with Gasteiger partial charge in [0.05, 0.1) is 12.0 Å². The van der Waals surface area contributed by atoms with E-state index < -0.39 is 12.1 Å². The molecule has 0 fully saturated rings. The molecule has 0 aliphatic carbocycles.